The fourth-order valence-electron chi connectivity index (χ4n) is 2.97. The zero-order valence-corrected chi connectivity index (χ0v) is 13.7. The van der Waals surface area contributed by atoms with Crippen molar-refractivity contribution in [1.82, 2.24) is 9.80 Å². The van der Waals surface area contributed by atoms with Gasteiger partial charge in [0.15, 0.2) is 0 Å². The molecule has 1 aromatic rings. The first-order valence-corrected chi connectivity index (χ1v) is 7.90. The van der Waals surface area contributed by atoms with Crippen LogP contribution in [-0.4, -0.2) is 53.5 Å². The molecule has 0 aliphatic carbocycles. The lowest BCUT2D eigenvalue weighted by Crippen LogP contribution is -2.52. The number of nitrogens with zero attached hydrogens (tertiary/aromatic N) is 2. The molecule has 1 fully saturated rings. The van der Waals surface area contributed by atoms with Crippen LogP contribution in [0.15, 0.2) is 30.3 Å². The number of amides is 2. The zero-order valence-electron chi connectivity index (χ0n) is 13.7. The first-order valence-electron chi connectivity index (χ1n) is 7.90. The molecule has 1 aliphatic heterocycles. The number of hydrogen-bond acceptors (Lipinski definition) is 2. The summed E-state index contributed by atoms with van der Waals surface area (Å²) >= 11 is 0. The van der Waals surface area contributed by atoms with Crippen LogP contribution in [0.5, 0.6) is 0 Å². The van der Waals surface area contributed by atoms with Crippen molar-refractivity contribution < 1.29 is 22.8 Å². The third-order valence-electron chi connectivity index (χ3n) is 4.42. The number of likely N-dealkylation sites (tertiary alicyclic amines) is 1. The Morgan fingerprint density at radius 1 is 1.29 bits per heavy atom. The van der Waals surface area contributed by atoms with Crippen LogP contribution in [0, 0.1) is 0 Å². The van der Waals surface area contributed by atoms with Gasteiger partial charge < -0.3 is 9.80 Å². The molecule has 1 unspecified atom stereocenters. The summed E-state index contributed by atoms with van der Waals surface area (Å²) in [4.78, 5) is 26.2. The summed E-state index contributed by atoms with van der Waals surface area (Å²) in [5.41, 5.74) is 1.04. The molecule has 7 heteroatoms. The summed E-state index contributed by atoms with van der Waals surface area (Å²) in [6.45, 7) is 1.81. The molecule has 4 nitrogen and oxygen atoms in total. The number of alkyl halides is 3. The monoisotopic (exact) mass is 342 g/mol. The number of likely N-dealkylation sites (N-methyl/N-ethyl adjacent to an activating group) is 1. The van der Waals surface area contributed by atoms with Gasteiger partial charge in [-0.15, -0.1) is 0 Å². The van der Waals surface area contributed by atoms with Gasteiger partial charge in [0, 0.05) is 19.6 Å². The zero-order chi connectivity index (χ0) is 17.9. The summed E-state index contributed by atoms with van der Waals surface area (Å²) in [6, 6.07) is 8.34. The van der Waals surface area contributed by atoms with Crippen molar-refractivity contribution in [3.63, 3.8) is 0 Å². The van der Waals surface area contributed by atoms with E-state index in [4.69, 9.17) is 0 Å². The molecule has 2 atom stereocenters. The third kappa shape index (κ3) is 4.07. The molecule has 0 N–H and O–H groups in total. The van der Waals surface area contributed by atoms with E-state index in [0.29, 0.717) is 17.7 Å². The lowest BCUT2D eigenvalue weighted by molar-refractivity contribution is -0.187. The maximum absolute atomic E-state index is 12.7. The van der Waals surface area contributed by atoms with E-state index in [1.165, 1.54) is 4.90 Å². The van der Waals surface area contributed by atoms with Crippen molar-refractivity contribution in [3.05, 3.63) is 35.9 Å². The van der Waals surface area contributed by atoms with Gasteiger partial charge in [0.1, 0.15) is 6.04 Å². The highest BCUT2D eigenvalue weighted by atomic mass is 19.4. The Morgan fingerprint density at radius 2 is 1.92 bits per heavy atom. The van der Waals surface area contributed by atoms with Gasteiger partial charge in [-0.25, -0.2) is 0 Å². The predicted molar refractivity (Wildman–Crippen MR) is 83.2 cm³/mol. The average molecular weight is 342 g/mol. The highest BCUT2D eigenvalue weighted by Gasteiger charge is 2.48. The van der Waals surface area contributed by atoms with Gasteiger partial charge >= 0.3 is 12.1 Å². The van der Waals surface area contributed by atoms with E-state index in [1.807, 2.05) is 37.3 Å². The number of carbonyl (C=O) groups is 2. The number of hydrogen-bond donors (Lipinski definition) is 0. The van der Waals surface area contributed by atoms with Crippen molar-refractivity contribution in [2.24, 2.45) is 0 Å². The second-order valence-corrected chi connectivity index (χ2v) is 6.14. The molecule has 0 aromatic heterocycles. The van der Waals surface area contributed by atoms with Crippen molar-refractivity contribution in [2.45, 2.75) is 44.4 Å². The molecule has 2 rings (SSSR count). The van der Waals surface area contributed by atoms with Crippen LogP contribution in [-0.2, 0) is 16.0 Å². The van der Waals surface area contributed by atoms with Gasteiger partial charge in [-0.05, 0) is 31.7 Å². The fraction of sp³-hybridized carbons (Fsp3) is 0.529. The number of rotatable bonds is 4. The number of halogens is 3. The molecule has 132 valence electrons. The lowest BCUT2D eigenvalue weighted by Gasteiger charge is -2.32. The summed E-state index contributed by atoms with van der Waals surface area (Å²) in [6.07, 6.45) is -3.68. The van der Waals surface area contributed by atoms with E-state index >= 15 is 0 Å². The lowest BCUT2D eigenvalue weighted by atomic mass is 10.1. The molecular weight excluding hydrogens is 321 g/mol. The van der Waals surface area contributed by atoms with E-state index in [-0.39, 0.29) is 19.0 Å². The van der Waals surface area contributed by atoms with Crippen LogP contribution in [0.1, 0.15) is 25.3 Å². The third-order valence-corrected chi connectivity index (χ3v) is 4.42. The molecule has 0 radical (unpaired) electrons. The fourth-order valence-corrected chi connectivity index (χ4v) is 2.97. The predicted octanol–water partition coefficient (Wildman–Crippen LogP) is 2.63. The largest absolute Gasteiger partial charge is 0.471 e. The maximum Gasteiger partial charge on any atom is 0.471 e. The Labute approximate surface area is 139 Å². The van der Waals surface area contributed by atoms with Crippen molar-refractivity contribution in [2.75, 3.05) is 13.6 Å². The van der Waals surface area contributed by atoms with E-state index in [2.05, 4.69) is 0 Å². The molecule has 1 saturated heterocycles. The minimum Gasteiger partial charge on any atom is -0.341 e. The van der Waals surface area contributed by atoms with Crippen molar-refractivity contribution in [1.29, 1.82) is 0 Å². The van der Waals surface area contributed by atoms with Gasteiger partial charge in [-0.2, -0.15) is 13.2 Å². The van der Waals surface area contributed by atoms with Crippen LogP contribution in [0.25, 0.3) is 0 Å². The summed E-state index contributed by atoms with van der Waals surface area (Å²) in [5, 5.41) is 0. The molecule has 0 spiro atoms. The molecule has 0 bridgehead atoms. The molecule has 1 aliphatic rings. The standard InChI is InChI=1S/C17H21F3N2O2/c1-12(11-13-7-4-3-5-8-13)21(2)15(23)14-9-6-10-22(14)16(24)17(18,19)20/h3-5,7-8,12,14H,6,9-11H2,1-2H3/t12?,14-/m0/s1. The van der Waals surface area contributed by atoms with Crippen LogP contribution < -0.4 is 0 Å². The SMILES string of the molecule is CC(Cc1ccccc1)N(C)C(=O)[C@@H]1CCCN1C(=O)C(F)(F)F. The summed E-state index contributed by atoms with van der Waals surface area (Å²) in [5.74, 6) is -2.36. The first kappa shape index (κ1) is 18.3. The molecule has 1 heterocycles. The Morgan fingerprint density at radius 3 is 2.50 bits per heavy atom. The smallest absolute Gasteiger partial charge is 0.341 e. The first-order chi connectivity index (χ1) is 11.2. The molecule has 1 aromatic carbocycles. The van der Waals surface area contributed by atoms with Gasteiger partial charge in [-0.1, -0.05) is 30.3 Å². The number of benzene rings is 1. The Balaban J connectivity index is 2.05. The number of carbonyl (C=O) groups excluding carboxylic acids is 2. The minimum absolute atomic E-state index is 0.0321. The Hall–Kier alpha value is -2.05. The maximum atomic E-state index is 12.7. The quantitative estimate of drug-likeness (QED) is 0.844. The second-order valence-electron chi connectivity index (χ2n) is 6.14. The van der Waals surface area contributed by atoms with Crippen LogP contribution in [0.2, 0.25) is 0 Å². The molecular formula is C17H21F3N2O2. The Kier molecular flexibility index (Phi) is 5.51. The topological polar surface area (TPSA) is 40.6 Å². The van der Waals surface area contributed by atoms with Gasteiger partial charge in [0.25, 0.3) is 0 Å². The highest BCUT2D eigenvalue weighted by Crippen LogP contribution is 2.27. The molecule has 24 heavy (non-hydrogen) atoms. The van der Waals surface area contributed by atoms with Crippen LogP contribution >= 0.6 is 0 Å². The van der Waals surface area contributed by atoms with Crippen LogP contribution in [0.4, 0.5) is 13.2 Å². The van der Waals surface area contributed by atoms with Crippen molar-refractivity contribution >= 4 is 11.8 Å². The summed E-state index contributed by atoms with van der Waals surface area (Å²) in [7, 11) is 1.57. The van der Waals surface area contributed by atoms with E-state index in [0.717, 1.165) is 5.56 Å². The molecule has 2 amide bonds. The van der Waals surface area contributed by atoms with Gasteiger partial charge in [0.2, 0.25) is 5.91 Å². The molecule has 0 saturated carbocycles. The normalized spacial score (nSPS) is 19.2. The van der Waals surface area contributed by atoms with Crippen molar-refractivity contribution in [3.8, 4) is 0 Å². The van der Waals surface area contributed by atoms with Gasteiger partial charge in [-0.3, -0.25) is 9.59 Å². The highest BCUT2D eigenvalue weighted by molar-refractivity contribution is 5.90. The Bertz CT molecular complexity index is 589. The minimum atomic E-state index is -4.95. The van der Waals surface area contributed by atoms with Gasteiger partial charge in [0.05, 0.1) is 0 Å². The summed E-state index contributed by atoms with van der Waals surface area (Å²) < 4.78 is 38.0. The average Bonchev–Trinajstić information content (AvgIpc) is 3.02. The van der Waals surface area contributed by atoms with E-state index in [9.17, 15) is 22.8 Å². The van der Waals surface area contributed by atoms with E-state index in [1.54, 1.807) is 7.05 Å². The van der Waals surface area contributed by atoms with E-state index < -0.39 is 24.0 Å². The van der Waals surface area contributed by atoms with Crippen LogP contribution in [0.3, 0.4) is 0 Å². The second kappa shape index (κ2) is 7.23.